The topological polar surface area (TPSA) is 87.2 Å². The Balaban J connectivity index is 1.63. The van der Waals surface area contributed by atoms with Crippen molar-refractivity contribution >= 4 is 15.9 Å². The number of hydrogen-bond donors (Lipinski definition) is 1. The summed E-state index contributed by atoms with van der Waals surface area (Å²) in [5.41, 5.74) is 0. The number of ether oxygens (including phenoxy) is 1. The van der Waals surface area contributed by atoms with Gasteiger partial charge < -0.3 is 14.7 Å². The fraction of sp³-hybridized carbons (Fsp3) is 0.667. The molecular weight excluding hydrogens is 392 g/mol. The first-order valence-corrected chi connectivity index (χ1v) is 11.9. The lowest BCUT2D eigenvalue weighted by atomic mass is 9.82. The van der Waals surface area contributed by atoms with Gasteiger partial charge in [0, 0.05) is 32.6 Å². The van der Waals surface area contributed by atoms with Gasteiger partial charge in [0.1, 0.15) is 5.75 Å². The van der Waals surface area contributed by atoms with Crippen LogP contribution in [0.25, 0.3) is 0 Å². The minimum atomic E-state index is -3.55. The van der Waals surface area contributed by atoms with Gasteiger partial charge in [-0.2, -0.15) is 4.31 Å². The van der Waals surface area contributed by atoms with Gasteiger partial charge in [-0.05, 0) is 55.4 Å². The summed E-state index contributed by atoms with van der Waals surface area (Å²) in [5, 5.41) is 9.63. The third-order valence-corrected chi connectivity index (χ3v) is 8.21. The van der Waals surface area contributed by atoms with Crippen LogP contribution in [0, 0.1) is 11.8 Å². The third kappa shape index (κ3) is 5.10. The van der Waals surface area contributed by atoms with Crippen molar-refractivity contribution in [1.82, 2.24) is 9.21 Å². The molecule has 8 heteroatoms. The van der Waals surface area contributed by atoms with E-state index in [1.54, 1.807) is 35.7 Å². The van der Waals surface area contributed by atoms with Gasteiger partial charge in [0.15, 0.2) is 0 Å². The Morgan fingerprint density at radius 3 is 2.34 bits per heavy atom. The SMILES string of the molecule is CC[C@H]1CN(S(=O)(=O)c2ccc(OC)cc2)CC[C@H]1CC(=O)N1CCC(O)CC1. The Morgan fingerprint density at radius 1 is 1.10 bits per heavy atom. The van der Waals surface area contributed by atoms with E-state index in [4.69, 9.17) is 4.74 Å². The van der Waals surface area contributed by atoms with Gasteiger partial charge in [-0.25, -0.2) is 8.42 Å². The Bertz CT molecular complexity index is 788. The highest BCUT2D eigenvalue weighted by molar-refractivity contribution is 7.89. The van der Waals surface area contributed by atoms with E-state index < -0.39 is 10.0 Å². The molecule has 162 valence electrons. The molecular formula is C21H32N2O5S. The molecule has 2 aliphatic heterocycles. The summed E-state index contributed by atoms with van der Waals surface area (Å²) in [4.78, 5) is 14.8. The van der Waals surface area contributed by atoms with Crippen molar-refractivity contribution in [2.24, 2.45) is 11.8 Å². The van der Waals surface area contributed by atoms with E-state index in [0.717, 1.165) is 6.42 Å². The van der Waals surface area contributed by atoms with Gasteiger partial charge in [-0.3, -0.25) is 4.79 Å². The second-order valence-electron chi connectivity index (χ2n) is 8.07. The highest BCUT2D eigenvalue weighted by atomic mass is 32.2. The first-order chi connectivity index (χ1) is 13.8. The predicted octanol–water partition coefficient (Wildman–Crippen LogP) is 2.11. The van der Waals surface area contributed by atoms with Crippen LogP contribution in [0.4, 0.5) is 0 Å². The zero-order valence-electron chi connectivity index (χ0n) is 17.3. The van der Waals surface area contributed by atoms with Crippen LogP contribution in [-0.2, 0) is 14.8 Å². The number of sulfonamides is 1. The number of likely N-dealkylation sites (tertiary alicyclic amines) is 1. The van der Waals surface area contributed by atoms with E-state index in [1.165, 1.54) is 0 Å². The molecule has 3 rings (SSSR count). The van der Waals surface area contributed by atoms with Crippen LogP contribution in [0.2, 0.25) is 0 Å². The summed E-state index contributed by atoms with van der Waals surface area (Å²) in [6.07, 6.45) is 2.98. The molecule has 2 fully saturated rings. The molecule has 29 heavy (non-hydrogen) atoms. The van der Waals surface area contributed by atoms with Crippen LogP contribution in [0.5, 0.6) is 5.75 Å². The van der Waals surface area contributed by atoms with Crippen molar-refractivity contribution in [1.29, 1.82) is 0 Å². The Hall–Kier alpha value is -1.64. The minimum absolute atomic E-state index is 0.131. The second kappa shape index (κ2) is 9.45. The summed E-state index contributed by atoms with van der Waals surface area (Å²) in [6.45, 7) is 4.16. The van der Waals surface area contributed by atoms with Gasteiger partial charge >= 0.3 is 0 Å². The lowest BCUT2D eigenvalue weighted by Crippen LogP contribution is -2.46. The van der Waals surface area contributed by atoms with E-state index in [2.05, 4.69) is 6.92 Å². The van der Waals surface area contributed by atoms with Gasteiger partial charge in [0.2, 0.25) is 15.9 Å². The number of nitrogens with zero attached hydrogens (tertiary/aromatic N) is 2. The van der Waals surface area contributed by atoms with Crippen molar-refractivity contribution in [3.8, 4) is 5.75 Å². The third-order valence-electron chi connectivity index (χ3n) is 6.33. The monoisotopic (exact) mass is 424 g/mol. The van der Waals surface area contributed by atoms with Crippen molar-refractivity contribution < 1.29 is 23.1 Å². The number of carbonyl (C=O) groups excluding carboxylic acids is 1. The fourth-order valence-corrected chi connectivity index (χ4v) is 5.87. The molecule has 2 saturated heterocycles. The van der Waals surface area contributed by atoms with Crippen LogP contribution in [0.1, 0.15) is 39.0 Å². The molecule has 0 aromatic heterocycles. The normalized spacial score (nSPS) is 24.4. The molecule has 1 N–H and O–H groups in total. The zero-order chi connectivity index (χ0) is 21.0. The van der Waals surface area contributed by atoms with E-state index in [1.807, 2.05) is 4.90 Å². The predicted molar refractivity (Wildman–Crippen MR) is 110 cm³/mol. The number of benzene rings is 1. The van der Waals surface area contributed by atoms with Gasteiger partial charge in [-0.1, -0.05) is 13.3 Å². The standard InChI is InChI=1S/C21H32N2O5S/c1-3-16-15-23(29(26,27)20-6-4-19(28-2)5-7-20)13-8-17(16)14-21(25)22-11-9-18(24)10-12-22/h4-7,16-18,24H,3,8-15H2,1-2H3/t16-,17-/m0/s1. The maximum Gasteiger partial charge on any atom is 0.243 e. The Kier molecular flexibility index (Phi) is 7.19. The van der Waals surface area contributed by atoms with Crippen molar-refractivity contribution in [3.63, 3.8) is 0 Å². The van der Waals surface area contributed by atoms with Gasteiger partial charge in [0.05, 0.1) is 18.1 Å². The van der Waals surface area contributed by atoms with E-state index in [0.29, 0.717) is 57.6 Å². The molecule has 0 aliphatic carbocycles. The lowest BCUT2D eigenvalue weighted by Gasteiger charge is -2.38. The lowest BCUT2D eigenvalue weighted by molar-refractivity contribution is -0.135. The number of amides is 1. The number of aliphatic hydroxyl groups excluding tert-OH is 1. The quantitative estimate of drug-likeness (QED) is 0.756. The van der Waals surface area contributed by atoms with Crippen molar-refractivity contribution in [2.45, 2.75) is 50.0 Å². The van der Waals surface area contributed by atoms with Crippen LogP contribution >= 0.6 is 0 Å². The average molecular weight is 425 g/mol. The molecule has 2 atom stereocenters. The molecule has 1 aromatic rings. The molecule has 1 aromatic carbocycles. The summed E-state index contributed by atoms with van der Waals surface area (Å²) < 4.78 is 32.8. The molecule has 0 unspecified atom stereocenters. The van der Waals surface area contributed by atoms with E-state index in [9.17, 15) is 18.3 Å². The molecule has 0 saturated carbocycles. The summed E-state index contributed by atoms with van der Waals surface area (Å²) >= 11 is 0. The minimum Gasteiger partial charge on any atom is -0.497 e. The molecule has 2 aliphatic rings. The largest absolute Gasteiger partial charge is 0.497 e. The molecule has 0 radical (unpaired) electrons. The molecule has 7 nitrogen and oxygen atoms in total. The van der Waals surface area contributed by atoms with Crippen LogP contribution < -0.4 is 4.74 Å². The fourth-order valence-electron chi connectivity index (χ4n) is 4.36. The molecule has 2 heterocycles. The van der Waals surface area contributed by atoms with Crippen LogP contribution in [0.3, 0.4) is 0 Å². The number of aliphatic hydroxyl groups is 1. The first-order valence-electron chi connectivity index (χ1n) is 10.4. The molecule has 0 spiro atoms. The smallest absolute Gasteiger partial charge is 0.243 e. The summed E-state index contributed by atoms with van der Waals surface area (Å²) in [5.74, 6) is 1.11. The average Bonchev–Trinajstić information content (AvgIpc) is 2.74. The van der Waals surface area contributed by atoms with Crippen molar-refractivity contribution in [2.75, 3.05) is 33.3 Å². The number of methoxy groups -OCH3 is 1. The molecule has 0 bridgehead atoms. The number of piperidine rings is 2. The Labute approximate surface area is 173 Å². The maximum absolute atomic E-state index is 13.0. The van der Waals surface area contributed by atoms with Crippen LogP contribution in [0.15, 0.2) is 29.2 Å². The molecule has 1 amide bonds. The maximum atomic E-state index is 13.0. The van der Waals surface area contributed by atoms with Gasteiger partial charge in [-0.15, -0.1) is 0 Å². The second-order valence-corrected chi connectivity index (χ2v) is 10.0. The number of rotatable bonds is 6. The highest BCUT2D eigenvalue weighted by Gasteiger charge is 2.36. The van der Waals surface area contributed by atoms with Crippen LogP contribution in [-0.4, -0.2) is 68.0 Å². The summed E-state index contributed by atoms with van der Waals surface area (Å²) in [7, 11) is -2.00. The number of carbonyl (C=O) groups is 1. The highest BCUT2D eigenvalue weighted by Crippen LogP contribution is 2.33. The summed E-state index contributed by atoms with van der Waals surface area (Å²) in [6, 6.07) is 6.47. The number of hydrogen-bond acceptors (Lipinski definition) is 5. The van der Waals surface area contributed by atoms with Gasteiger partial charge in [0.25, 0.3) is 0 Å². The first kappa shape index (κ1) is 22.1. The zero-order valence-corrected chi connectivity index (χ0v) is 18.1. The van der Waals surface area contributed by atoms with E-state index >= 15 is 0 Å². The Morgan fingerprint density at radius 2 is 1.76 bits per heavy atom. The van der Waals surface area contributed by atoms with Crippen molar-refractivity contribution in [3.05, 3.63) is 24.3 Å². The van der Waals surface area contributed by atoms with E-state index in [-0.39, 0.29) is 28.7 Å².